The molecule has 1 aliphatic carbocycles. The Kier molecular flexibility index (Phi) is 3.94. The minimum atomic E-state index is -0.408. The van der Waals surface area contributed by atoms with Crippen molar-refractivity contribution in [3.63, 3.8) is 0 Å². The predicted octanol–water partition coefficient (Wildman–Crippen LogP) is 1.78. The van der Waals surface area contributed by atoms with Crippen LogP contribution in [0, 0.1) is 5.92 Å². The molecule has 5 nitrogen and oxygen atoms in total. The molecule has 1 aromatic rings. The molecule has 1 amide bonds. The van der Waals surface area contributed by atoms with Crippen LogP contribution < -0.4 is 5.32 Å². The van der Waals surface area contributed by atoms with Crippen molar-refractivity contribution in [2.45, 2.75) is 19.8 Å². The van der Waals surface area contributed by atoms with Crippen LogP contribution in [0.3, 0.4) is 0 Å². The normalized spacial score (nSPS) is 13.7. The van der Waals surface area contributed by atoms with Gasteiger partial charge in [-0.15, -0.1) is 0 Å². The lowest BCUT2D eigenvalue weighted by molar-refractivity contribution is -0.148. The van der Waals surface area contributed by atoms with Crippen LogP contribution in [0.5, 0.6) is 0 Å². The first-order valence-electron chi connectivity index (χ1n) is 6.14. The van der Waals surface area contributed by atoms with Gasteiger partial charge in [-0.05, 0) is 31.9 Å². The van der Waals surface area contributed by atoms with Crippen LogP contribution in [0.25, 0.3) is 0 Å². The van der Waals surface area contributed by atoms with E-state index in [-0.39, 0.29) is 24.3 Å². The topological polar surface area (TPSA) is 72.5 Å². The highest BCUT2D eigenvalue weighted by atomic mass is 16.5. The van der Waals surface area contributed by atoms with E-state index >= 15 is 0 Å². The highest BCUT2D eigenvalue weighted by Gasteiger charge is 2.31. The van der Waals surface area contributed by atoms with E-state index in [1.807, 2.05) is 0 Å². The van der Waals surface area contributed by atoms with E-state index in [0.717, 1.165) is 12.8 Å². The van der Waals surface area contributed by atoms with Crippen molar-refractivity contribution in [3.05, 3.63) is 29.8 Å². The van der Waals surface area contributed by atoms with Crippen LogP contribution in [-0.2, 0) is 14.3 Å². The monoisotopic (exact) mass is 261 g/mol. The molecular weight excluding hydrogens is 246 g/mol. The Morgan fingerprint density at radius 2 is 2.05 bits per heavy atom. The first-order chi connectivity index (χ1) is 9.06. The Bertz CT molecular complexity index is 520. The standard InChI is InChI=1S/C14H15NO4/c1-9(16)11-3-2-4-12(7-11)15-13(17)8-19-14(18)10-5-6-10/h2-4,7,10H,5-6,8H2,1H3,(H,15,17). The number of hydrogen-bond donors (Lipinski definition) is 1. The summed E-state index contributed by atoms with van der Waals surface area (Å²) in [6.07, 6.45) is 1.70. The maximum atomic E-state index is 11.6. The van der Waals surface area contributed by atoms with Crippen LogP contribution >= 0.6 is 0 Å². The second-order valence-electron chi connectivity index (χ2n) is 4.57. The van der Waals surface area contributed by atoms with Crippen LogP contribution in [0.15, 0.2) is 24.3 Å². The average Bonchev–Trinajstić information content (AvgIpc) is 3.20. The lowest BCUT2D eigenvalue weighted by atomic mass is 10.1. The molecule has 1 N–H and O–H groups in total. The molecule has 0 saturated heterocycles. The van der Waals surface area contributed by atoms with Crippen LogP contribution in [0.2, 0.25) is 0 Å². The van der Waals surface area contributed by atoms with Crippen LogP contribution in [-0.4, -0.2) is 24.3 Å². The third-order valence-corrected chi connectivity index (χ3v) is 2.81. The zero-order chi connectivity index (χ0) is 13.8. The molecule has 0 unspecified atom stereocenters. The Hall–Kier alpha value is -2.17. The summed E-state index contributed by atoms with van der Waals surface area (Å²) in [5.41, 5.74) is 1.04. The van der Waals surface area contributed by atoms with Gasteiger partial charge in [0.2, 0.25) is 0 Å². The van der Waals surface area contributed by atoms with Crippen LogP contribution in [0.4, 0.5) is 5.69 Å². The number of ether oxygens (including phenoxy) is 1. The molecule has 1 fully saturated rings. The van der Waals surface area contributed by atoms with Crippen molar-refractivity contribution in [1.82, 2.24) is 0 Å². The molecule has 1 aliphatic rings. The molecule has 0 bridgehead atoms. The number of esters is 1. The lowest BCUT2D eigenvalue weighted by Gasteiger charge is -2.07. The van der Waals surface area contributed by atoms with Gasteiger partial charge >= 0.3 is 5.97 Å². The van der Waals surface area contributed by atoms with Gasteiger partial charge in [0.25, 0.3) is 5.91 Å². The molecule has 19 heavy (non-hydrogen) atoms. The molecule has 0 spiro atoms. The van der Waals surface area contributed by atoms with Crippen LogP contribution in [0.1, 0.15) is 30.1 Å². The molecule has 0 radical (unpaired) electrons. The van der Waals surface area contributed by atoms with Gasteiger partial charge in [0, 0.05) is 11.3 Å². The van der Waals surface area contributed by atoms with E-state index in [0.29, 0.717) is 11.3 Å². The molecule has 1 aromatic carbocycles. The molecule has 5 heteroatoms. The van der Waals surface area contributed by atoms with Crippen molar-refractivity contribution in [3.8, 4) is 0 Å². The first kappa shape index (κ1) is 13.3. The highest BCUT2D eigenvalue weighted by Crippen LogP contribution is 2.29. The van der Waals surface area contributed by atoms with E-state index in [1.54, 1.807) is 24.3 Å². The fraction of sp³-hybridized carbons (Fsp3) is 0.357. The number of carbonyl (C=O) groups excluding carboxylic acids is 3. The smallest absolute Gasteiger partial charge is 0.309 e. The van der Waals surface area contributed by atoms with Gasteiger partial charge in [-0.25, -0.2) is 0 Å². The van der Waals surface area contributed by atoms with E-state index in [9.17, 15) is 14.4 Å². The van der Waals surface area contributed by atoms with Gasteiger partial charge in [-0.3, -0.25) is 14.4 Å². The number of rotatable bonds is 5. The van der Waals surface area contributed by atoms with Crippen molar-refractivity contribution < 1.29 is 19.1 Å². The average molecular weight is 261 g/mol. The van der Waals surface area contributed by atoms with E-state index < -0.39 is 5.91 Å². The first-order valence-corrected chi connectivity index (χ1v) is 6.14. The van der Waals surface area contributed by atoms with Gasteiger partial charge in [0.05, 0.1) is 5.92 Å². The summed E-state index contributed by atoms with van der Waals surface area (Å²) in [5.74, 6) is -0.813. The third-order valence-electron chi connectivity index (χ3n) is 2.81. The number of hydrogen-bond acceptors (Lipinski definition) is 4. The Morgan fingerprint density at radius 1 is 1.32 bits per heavy atom. The largest absolute Gasteiger partial charge is 0.455 e. The van der Waals surface area contributed by atoms with Gasteiger partial charge in [0.15, 0.2) is 12.4 Å². The molecular formula is C14H15NO4. The second kappa shape index (κ2) is 5.65. The summed E-state index contributed by atoms with van der Waals surface area (Å²) in [6, 6.07) is 6.61. The molecule has 0 aromatic heterocycles. The lowest BCUT2D eigenvalue weighted by Crippen LogP contribution is -2.21. The zero-order valence-corrected chi connectivity index (χ0v) is 10.6. The Labute approximate surface area is 110 Å². The van der Waals surface area contributed by atoms with E-state index in [2.05, 4.69) is 5.32 Å². The molecule has 0 aliphatic heterocycles. The summed E-state index contributed by atoms with van der Waals surface area (Å²) in [4.78, 5) is 34.0. The molecule has 2 rings (SSSR count). The number of benzene rings is 1. The summed E-state index contributed by atoms with van der Waals surface area (Å²) >= 11 is 0. The number of carbonyl (C=O) groups is 3. The third kappa shape index (κ3) is 3.91. The predicted molar refractivity (Wildman–Crippen MR) is 68.8 cm³/mol. The van der Waals surface area contributed by atoms with Gasteiger partial charge in [-0.1, -0.05) is 12.1 Å². The van der Waals surface area contributed by atoms with Crippen molar-refractivity contribution in [2.24, 2.45) is 5.92 Å². The SMILES string of the molecule is CC(=O)c1cccc(NC(=O)COC(=O)C2CC2)c1. The van der Waals surface area contributed by atoms with Crippen molar-refractivity contribution >= 4 is 23.3 Å². The second-order valence-corrected chi connectivity index (χ2v) is 4.57. The molecule has 100 valence electrons. The summed E-state index contributed by atoms with van der Waals surface area (Å²) < 4.78 is 4.86. The van der Waals surface area contributed by atoms with Gasteiger partial charge < -0.3 is 10.1 Å². The highest BCUT2D eigenvalue weighted by molar-refractivity contribution is 5.97. The fourth-order valence-electron chi connectivity index (χ4n) is 1.59. The van der Waals surface area contributed by atoms with E-state index in [1.165, 1.54) is 6.92 Å². The maximum Gasteiger partial charge on any atom is 0.309 e. The molecule has 1 saturated carbocycles. The summed E-state index contributed by atoms with van der Waals surface area (Å²) in [6.45, 7) is 1.16. The zero-order valence-electron chi connectivity index (χ0n) is 10.6. The van der Waals surface area contributed by atoms with E-state index in [4.69, 9.17) is 4.74 Å². The number of Topliss-reactive ketones (excluding diaryl/α,β-unsaturated/α-hetero) is 1. The van der Waals surface area contributed by atoms with Crippen molar-refractivity contribution in [1.29, 1.82) is 0 Å². The van der Waals surface area contributed by atoms with Gasteiger partial charge in [-0.2, -0.15) is 0 Å². The Balaban J connectivity index is 1.85. The number of ketones is 1. The molecule has 0 heterocycles. The maximum absolute atomic E-state index is 11.6. The minimum absolute atomic E-state index is 0.0196. The number of anilines is 1. The number of amides is 1. The summed E-state index contributed by atoms with van der Waals surface area (Å²) in [5, 5.41) is 2.58. The molecule has 0 atom stereocenters. The summed E-state index contributed by atoms with van der Waals surface area (Å²) in [7, 11) is 0. The minimum Gasteiger partial charge on any atom is -0.455 e. The van der Waals surface area contributed by atoms with Crippen molar-refractivity contribution in [2.75, 3.05) is 11.9 Å². The number of nitrogens with one attached hydrogen (secondary N) is 1. The fourth-order valence-corrected chi connectivity index (χ4v) is 1.59. The van der Waals surface area contributed by atoms with Gasteiger partial charge in [0.1, 0.15) is 0 Å². The Morgan fingerprint density at radius 3 is 2.68 bits per heavy atom. The quantitative estimate of drug-likeness (QED) is 0.647.